The van der Waals surface area contributed by atoms with Gasteiger partial charge in [-0.2, -0.15) is 0 Å². The Morgan fingerprint density at radius 3 is 2.41 bits per heavy atom. The minimum Gasteiger partial charge on any atom is -0.480 e. The van der Waals surface area contributed by atoms with E-state index in [-0.39, 0.29) is 6.42 Å². The molecule has 1 unspecified atom stereocenters. The van der Waals surface area contributed by atoms with Crippen LogP contribution >= 0.6 is 0 Å². The lowest BCUT2D eigenvalue weighted by atomic mass is 10.1. The molecule has 1 aromatic carbocycles. The molecule has 1 rings (SSSR count). The number of rotatable bonds is 5. The highest BCUT2D eigenvalue weighted by Gasteiger charge is 2.21. The van der Waals surface area contributed by atoms with Gasteiger partial charge in [0.1, 0.15) is 6.04 Å². The fourth-order valence-corrected chi connectivity index (χ4v) is 1.35. The van der Waals surface area contributed by atoms with E-state index >= 15 is 0 Å². The van der Waals surface area contributed by atoms with Crippen molar-refractivity contribution in [3.8, 4) is 0 Å². The number of carbonyl (C=O) groups is 2. The SMILES string of the molecule is C[C@@H](N)C(=O)NC(Cc1ccccc1)C(=O)O. The van der Waals surface area contributed by atoms with Crippen molar-refractivity contribution in [2.75, 3.05) is 0 Å². The van der Waals surface area contributed by atoms with Crippen molar-refractivity contribution in [1.29, 1.82) is 0 Å². The fraction of sp³-hybridized carbons (Fsp3) is 0.333. The number of carboxylic acid groups (broad SMARTS) is 1. The lowest BCUT2D eigenvalue weighted by Gasteiger charge is -2.16. The molecule has 1 aromatic rings. The smallest absolute Gasteiger partial charge is 0.326 e. The monoisotopic (exact) mass is 236 g/mol. The summed E-state index contributed by atoms with van der Waals surface area (Å²) < 4.78 is 0. The summed E-state index contributed by atoms with van der Waals surface area (Å²) in [5, 5.41) is 11.4. The van der Waals surface area contributed by atoms with Crippen molar-refractivity contribution in [3.63, 3.8) is 0 Å². The van der Waals surface area contributed by atoms with E-state index in [2.05, 4.69) is 5.32 Å². The van der Waals surface area contributed by atoms with Crippen LogP contribution in [0.2, 0.25) is 0 Å². The molecule has 4 N–H and O–H groups in total. The zero-order valence-electron chi connectivity index (χ0n) is 9.59. The molecule has 0 aliphatic heterocycles. The number of hydrogen-bond acceptors (Lipinski definition) is 3. The van der Waals surface area contributed by atoms with Gasteiger partial charge in [-0.25, -0.2) is 4.79 Å². The number of carboxylic acids is 1. The third-order valence-electron chi connectivity index (χ3n) is 2.31. The fourth-order valence-electron chi connectivity index (χ4n) is 1.35. The van der Waals surface area contributed by atoms with E-state index in [1.54, 1.807) is 0 Å². The largest absolute Gasteiger partial charge is 0.480 e. The van der Waals surface area contributed by atoms with Crippen molar-refractivity contribution in [3.05, 3.63) is 35.9 Å². The average Bonchev–Trinajstić information content (AvgIpc) is 2.29. The Bertz CT molecular complexity index is 390. The molecule has 0 aliphatic carbocycles. The first-order chi connectivity index (χ1) is 8.00. The van der Waals surface area contributed by atoms with Crippen LogP contribution < -0.4 is 11.1 Å². The zero-order chi connectivity index (χ0) is 12.8. The third kappa shape index (κ3) is 4.24. The van der Waals surface area contributed by atoms with Gasteiger partial charge in [0.2, 0.25) is 5.91 Å². The molecule has 0 bridgehead atoms. The molecule has 5 nitrogen and oxygen atoms in total. The Morgan fingerprint density at radius 1 is 1.35 bits per heavy atom. The number of hydrogen-bond donors (Lipinski definition) is 3. The van der Waals surface area contributed by atoms with E-state index in [0.717, 1.165) is 5.56 Å². The predicted molar refractivity (Wildman–Crippen MR) is 63.4 cm³/mol. The lowest BCUT2D eigenvalue weighted by Crippen LogP contribution is -2.48. The van der Waals surface area contributed by atoms with Gasteiger partial charge < -0.3 is 16.2 Å². The Morgan fingerprint density at radius 2 is 1.94 bits per heavy atom. The van der Waals surface area contributed by atoms with E-state index in [9.17, 15) is 9.59 Å². The van der Waals surface area contributed by atoms with E-state index in [1.165, 1.54) is 6.92 Å². The standard InChI is InChI=1S/C12H16N2O3/c1-8(13)11(15)14-10(12(16)17)7-9-5-3-2-4-6-9/h2-6,8,10H,7,13H2,1H3,(H,14,15)(H,16,17)/t8-,10?/m1/s1. The molecule has 5 heteroatoms. The molecule has 2 atom stereocenters. The highest BCUT2D eigenvalue weighted by molar-refractivity contribution is 5.86. The van der Waals surface area contributed by atoms with Crippen LogP contribution in [0.15, 0.2) is 30.3 Å². The molecule has 17 heavy (non-hydrogen) atoms. The number of aliphatic carboxylic acids is 1. The molecular weight excluding hydrogens is 220 g/mol. The van der Waals surface area contributed by atoms with Crippen molar-refractivity contribution in [1.82, 2.24) is 5.32 Å². The molecule has 0 fully saturated rings. The molecule has 0 spiro atoms. The summed E-state index contributed by atoms with van der Waals surface area (Å²) in [5.41, 5.74) is 6.22. The molecule has 0 radical (unpaired) electrons. The van der Waals surface area contributed by atoms with Crippen molar-refractivity contribution in [2.24, 2.45) is 5.73 Å². The molecule has 0 aromatic heterocycles. The Balaban J connectivity index is 2.68. The quantitative estimate of drug-likeness (QED) is 0.678. The van der Waals surface area contributed by atoms with Crippen LogP contribution in [0.5, 0.6) is 0 Å². The first kappa shape index (κ1) is 13.2. The lowest BCUT2D eigenvalue weighted by molar-refractivity contribution is -0.141. The minimum absolute atomic E-state index is 0.245. The van der Waals surface area contributed by atoms with Crippen LogP contribution in [-0.2, 0) is 16.0 Å². The summed E-state index contributed by atoms with van der Waals surface area (Å²) in [7, 11) is 0. The normalized spacial score (nSPS) is 13.8. The maximum atomic E-state index is 11.3. The summed E-state index contributed by atoms with van der Waals surface area (Å²) in [6.45, 7) is 1.51. The van der Waals surface area contributed by atoms with Gasteiger partial charge in [0.05, 0.1) is 6.04 Å². The number of benzene rings is 1. The van der Waals surface area contributed by atoms with Gasteiger partial charge in [0.15, 0.2) is 0 Å². The van der Waals surface area contributed by atoms with Crippen LogP contribution in [0.25, 0.3) is 0 Å². The van der Waals surface area contributed by atoms with Crippen molar-refractivity contribution >= 4 is 11.9 Å². The number of nitrogens with one attached hydrogen (secondary N) is 1. The first-order valence-electron chi connectivity index (χ1n) is 5.33. The molecule has 92 valence electrons. The second kappa shape index (κ2) is 6.00. The average molecular weight is 236 g/mol. The van der Waals surface area contributed by atoms with Gasteiger partial charge in [0.25, 0.3) is 0 Å². The van der Waals surface area contributed by atoms with Crippen molar-refractivity contribution < 1.29 is 14.7 Å². The second-order valence-electron chi connectivity index (χ2n) is 3.88. The maximum absolute atomic E-state index is 11.3. The Labute approximate surface area is 99.6 Å². The van der Waals surface area contributed by atoms with Gasteiger partial charge in [0, 0.05) is 6.42 Å². The topological polar surface area (TPSA) is 92.4 Å². The minimum atomic E-state index is -1.07. The molecule has 1 amide bonds. The van der Waals surface area contributed by atoms with E-state index in [0.29, 0.717) is 0 Å². The van der Waals surface area contributed by atoms with E-state index < -0.39 is 24.0 Å². The van der Waals surface area contributed by atoms with Gasteiger partial charge in [-0.1, -0.05) is 30.3 Å². The highest BCUT2D eigenvalue weighted by Crippen LogP contribution is 2.03. The van der Waals surface area contributed by atoms with Gasteiger partial charge in [-0.3, -0.25) is 4.79 Å². The molecule has 0 aliphatic rings. The summed E-state index contributed by atoms with van der Waals surface area (Å²) in [6, 6.07) is 7.45. The van der Waals surface area contributed by atoms with Gasteiger partial charge in [-0.05, 0) is 12.5 Å². The van der Waals surface area contributed by atoms with Crippen LogP contribution in [0.3, 0.4) is 0 Å². The molecule has 0 heterocycles. The first-order valence-corrected chi connectivity index (χ1v) is 5.33. The van der Waals surface area contributed by atoms with Crippen LogP contribution in [-0.4, -0.2) is 29.1 Å². The second-order valence-corrected chi connectivity index (χ2v) is 3.88. The Hall–Kier alpha value is -1.88. The molecule has 0 saturated carbocycles. The van der Waals surface area contributed by atoms with Crippen LogP contribution in [0.1, 0.15) is 12.5 Å². The van der Waals surface area contributed by atoms with Crippen molar-refractivity contribution in [2.45, 2.75) is 25.4 Å². The summed E-state index contributed by atoms with van der Waals surface area (Å²) in [5.74, 6) is -1.53. The summed E-state index contributed by atoms with van der Waals surface area (Å²) in [4.78, 5) is 22.4. The van der Waals surface area contributed by atoms with E-state index in [4.69, 9.17) is 10.8 Å². The molecular formula is C12H16N2O3. The van der Waals surface area contributed by atoms with Gasteiger partial charge in [-0.15, -0.1) is 0 Å². The number of amides is 1. The number of nitrogens with two attached hydrogens (primary N) is 1. The van der Waals surface area contributed by atoms with Gasteiger partial charge >= 0.3 is 5.97 Å². The Kier molecular flexibility index (Phi) is 4.66. The predicted octanol–water partition coefficient (Wildman–Crippen LogP) is 0.146. The molecule has 0 saturated heterocycles. The summed E-state index contributed by atoms with van der Waals surface area (Å²) in [6.07, 6.45) is 0.245. The maximum Gasteiger partial charge on any atom is 0.326 e. The zero-order valence-corrected chi connectivity index (χ0v) is 9.59. The van der Waals surface area contributed by atoms with E-state index in [1.807, 2.05) is 30.3 Å². The van der Waals surface area contributed by atoms with Crippen LogP contribution in [0, 0.1) is 0 Å². The third-order valence-corrected chi connectivity index (χ3v) is 2.31. The highest BCUT2D eigenvalue weighted by atomic mass is 16.4. The summed E-state index contributed by atoms with van der Waals surface area (Å²) >= 11 is 0. The van der Waals surface area contributed by atoms with Crippen LogP contribution in [0.4, 0.5) is 0 Å². The number of carbonyl (C=O) groups excluding carboxylic acids is 1.